The Balaban J connectivity index is 1.21. The van der Waals surface area contributed by atoms with Crippen molar-refractivity contribution < 1.29 is 41.2 Å². The number of nitrogens with zero attached hydrogens (tertiary/aromatic N) is 4. The van der Waals surface area contributed by atoms with Crippen LogP contribution in [0.3, 0.4) is 0 Å². The van der Waals surface area contributed by atoms with Gasteiger partial charge in [-0.25, -0.2) is 4.79 Å². The molecule has 6 rings (SSSR count). The summed E-state index contributed by atoms with van der Waals surface area (Å²) in [4.78, 5) is 32.0. The Morgan fingerprint density at radius 3 is 2.86 bits per heavy atom. The number of alkyl halides is 3. The van der Waals surface area contributed by atoms with Crippen molar-refractivity contribution in [2.45, 2.75) is 49.9 Å². The topological polar surface area (TPSA) is 135 Å². The monoisotopic (exact) mass is 620 g/mol. The Bertz CT molecular complexity index is 1540. The minimum Gasteiger partial charge on any atom is -0.459 e. The molecule has 2 atom stereocenters. The molecule has 0 saturated carbocycles. The number of hydrogen-bond acceptors (Lipinski definition) is 12. The fraction of sp³-hybridized carbons (Fsp3) is 0.407. The van der Waals surface area contributed by atoms with Gasteiger partial charge in [-0.2, -0.15) is 18.2 Å². The molecule has 1 amide bonds. The molecule has 228 valence electrons. The Morgan fingerprint density at radius 2 is 2.09 bits per heavy atom. The molecule has 2 unspecified atom stereocenters. The first-order chi connectivity index (χ1) is 20.5. The molecule has 0 radical (unpaired) electrons. The number of rotatable bonds is 7. The van der Waals surface area contributed by atoms with Crippen LogP contribution in [0.15, 0.2) is 62.1 Å². The molecule has 3 aliphatic rings. The third-order valence-corrected chi connectivity index (χ3v) is 8.33. The summed E-state index contributed by atoms with van der Waals surface area (Å²) < 4.78 is 56.5. The highest BCUT2D eigenvalue weighted by Gasteiger charge is 2.51. The number of aromatic nitrogens is 2. The highest BCUT2D eigenvalue weighted by molar-refractivity contribution is 8.04. The van der Waals surface area contributed by atoms with Crippen molar-refractivity contribution in [3.05, 3.63) is 58.8 Å². The molecule has 2 N–H and O–H groups in total. The van der Waals surface area contributed by atoms with Crippen molar-refractivity contribution in [1.29, 1.82) is 0 Å². The molecular weight excluding hydrogens is 593 g/mol. The summed E-state index contributed by atoms with van der Waals surface area (Å²) in [6.45, 7) is 4.42. The minimum absolute atomic E-state index is 0.161. The molecule has 1 saturated heterocycles. The third-order valence-electron chi connectivity index (χ3n) is 7.00. The van der Waals surface area contributed by atoms with E-state index in [0.29, 0.717) is 31.0 Å². The minimum atomic E-state index is -5.21. The van der Waals surface area contributed by atoms with Crippen LogP contribution in [0.1, 0.15) is 25.8 Å². The second-order valence-electron chi connectivity index (χ2n) is 10.8. The van der Waals surface area contributed by atoms with Crippen molar-refractivity contribution in [2.75, 3.05) is 25.1 Å². The van der Waals surface area contributed by atoms with Crippen molar-refractivity contribution >= 4 is 35.3 Å². The van der Waals surface area contributed by atoms with Crippen LogP contribution < -0.4 is 10.6 Å². The van der Waals surface area contributed by atoms with E-state index in [-0.39, 0.29) is 41.6 Å². The molecule has 5 heterocycles. The Kier molecular flexibility index (Phi) is 7.60. The number of hydroxylamine groups is 2. The maximum absolute atomic E-state index is 13.3. The lowest BCUT2D eigenvalue weighted by Crippen LogP contribution is -2.56. The summed E-state index contributed by atoms with van der Waals surface area (Å²) in [5.74, 6) is -2.12. The van der Waals surface area contributed by atoms with Crippen LogP contribution in [-0.4, -0.2) is 75.1 Å². The van der Waals surface area contributed by atoms with Gasteiger partial charge in [-0.1, -0.05) is 29.0 Å². The predicted molar refractivity (Wildman–Crippen MR) is 146 cm³/mol. The number of furan rings is 1. The first kappa shape index (κ1) is 29.1. The van der Waals surface area contributed by atoms with Crippen LogP contribution in [0, 0.1) is 0 Å². The van der Waals surface area contributed by atoms with E-state index in [1.165, 1.54) is 6.26 Å². The quantitative estimate of drug-likeness (QED) is 0.392. The SMILES string of the molecule is CC1(C)CC2=C(SC(N3CCOCC3Cc3cccc(Nc4nnc(-c5ccco5)o4)c3)N2OC(=O)C(F)(F)F)C(=O)N1. The molecule has 3 aliphatic heterocycles. The van der Waals surface area contributed by atoms with Crippen LogP contribution in [0.25, 0.3) is 11.7 Å². The number of thioether (sulfide) groups is 1. The third kappa shape index (κ3) is 6.21. The molecule has 0 bridgehead atoms. The van der Waals surface area contributed by atoms with Crippen molar-refractivity contribution in [3.63, 3.8) is 0 Å². The van der Waals surface area contributed by atoms with Gasteiger partial charge in [0.25, 0.3) is 11.8 Å². The van der Waals surface area contributed by atoms with Gasteiger partial charge >= 0.3 is 18.2 Å². The normalized spacial score (nSPS) is 22.3. The number of morpholine rings is 1. The number of carbonyl (C=O) groups is 2. The first-order valence-corrected chi connectivity index (χ1v) is 14.2. The molecule has 2 aromatic heterocycles. The number of amides is 1. The maximum Gasteiger partial charge on any atom is 0.493 e. The van der Waals surface area contributed by atoms with E-state index in [1.54, 1.807) is 26.0 Å². The molecule has 3 aromatic rings. The van der Waals surface area contributed by atoms with Gasteiger partial charge in [0, 0.05) is 30.2 Å². The van der Waals surface area contributed by atoms with E-state index in [9.17, 15) is 22.8 Å². The average Bonchev–Trinajstić information content (AvgIpc) is 3.70. The molecule has 0 spiro atoms. The van der Waals surface area contributed by atoms with Crippen LogP contribution >= 0.6 is 11.8 Å². The summed E-state index contributed by atoms with van der Waals surface area (Å²) in [5, 5.41) is 14.8. The van der Waals surface area contributed by atoms with E-state index >= 15 is 0 Å². The van der Waals surface area contributed by atoms with Crippen LogP contribution in [0.2, 0.25) is 0 Å². The molecule has 12 nitrogen and oxygen atoms in total. The molecule has 0 aliphatic carbocycles. The van der Waals surface area contributed by atoms with Crippen molar-refractivity contribution in [1.82, 2.24) is 25.5 Å². The van der Waals surface area contributed by atoms with E-state index < -0.39 is 29.1 Å². The summed E-state index contributed by atoms with van der Waals surface area (Å²) in [7, 11) is 0. The fourth-order valence-corrected chi connectivity index (χ4v) is 6.49. The van der Waals surface area contributed by atoms with Gasteiger partial charge in [0.2, 0.25) is 0 Å². The van der Waals surface area contributed by atoms with Gasteiger partial charge < -0.3 is 29.0 Å². The van der Waals surface area contributed by atoms with Crippen LogP contribution in [0.4, 0.5) is 24.9 Å². The number of ether oxygens (including phenoxy) is 1. The Hall–Kier alpha value is -4.02. The fourth-order valence-electron chi connectivity index (χ4n) is 5.15. The number of carbonyl (C=O) groups excluding carboxylic acids is 2. The van der Waals surface area contributed by atoms with E-state index in [1.807, 2.05) is 29.2 Å². The average molecular weight is 621 g/mol. The standard InChI is InChI=1S/C27H27F3N6O6S/c1-26(2)13-18-20(21(37)32-26)43-25(36(18)42-23(38)27(28,29)30)35-8-10-39-14-17(35)12-15-5-3-6-16(11-15)31-24-34-33-22(41-24)19-7-4-9-40-19/h3-7,9,11,17,25H,8,10,12-14H2,1-2H3,(H,31,34)(H,32,37). The van der Waals surface area contributed by atoms with Gasteiger partial charge in [0.1, 0.15) is 0 Å². The lowest BCUT2D eigenvalue weighted by atomic mass is 9.94. The van der Waals surface area contributed by atoms with Gasteiger partial charge in [0.05, 0.1) is 30.1 Å². The Morgan fingerprint density at radius 1 is 1.26 bits per heavy atom. The number of benzene rings is 1. The number of hydrogen-bond donors (Lipinski definition) is 2. The zero-order valence-corrected chi connectivity index (χ0v) is 23.8. The molecule has 1 aromatic carbocycles. The zero-order valence-electron chi connectivity index (χ0n) is 23.0. The van der Waals surface area contributed by atoms with E-state index in [0.717, 1.165) is 22.4 Å². The zero-order chi connectivity index (χ0) is 30.4. The second-order valence-corrected chi connectivity index (χ2v) is 11.9. The molecule has 16 heteroatoms. The molecular formula is C27H27F3N6O6S. The number of nitrogens with one attached hydrogen (secondary N) is 2. The predicted octanol–water partition coefficient (Wildman–Crippen LogP) is 4.18. The lowest BCUT2D eigenvalue weighted by molar-refractivity contribution is -0.243. The molecule has 43 heavy (non-hydrogen) atoms. The highest BCUT2D eigenvalue weighted by atomic mass is 32.2. The number of anilines is 2. The van der Waals surface area contributed by atoms with Crippen molar-refractivity contribution in [3.8, 4) is 11.7 Å². The van der Waals surface area contributed by atoms with Gasteiger partial charge in [-0.3, -0.25) is 9.69 Å². The van der Waals surface area contributed by atoms with Gasteiger partial charge in [-0.15, -0.1) is 5.10 Å². The van der Waals surface area contributed by atoms with Crippen molar-refractivity contribution in [2.24, 2.45) is 0 Å². The summed E-state index contributed by atoms with van der Waals surface area (Å²) in [6, 6.07) is 10.7. The van der Waals surface area contributed by atoms with Gasteiger partial charge in [-0.05, 0) is 50.1 Å². The smallest absolute Gasteiger partial charge is 0.459 e. The van der Waals surface area contributed by atoms with Crippen LogP contribution in [-0.2, 0) is 25.6 Å². The largest absolute Gasteiger partial charge is 0.493 e. The lowest BCUT2D eigenvalue weighted by Gasteiger charge is -2.42. The molecule has 1 fully saturated rings. The Labute approximate surface area is 247 Å². The summed E-state index contributed by atoms with van der Waals surface area (Å²) >= 11 is 1.06. The highest BCUT2D eigenvalue weighted by Crippen LogP contribution is 2.46. The van der Waals surface area contributed by atoms with E-state index in [2.05, 4.69) is 20.8 Å². The summed E-state index contributed by atoms with van der Waals surface area (Å²) in [5.41, 5.74) is 0.149. The number of halogens is 3. The second kappa shape index (κ2) is 11.2. The van der Waals surface area contributed by atoms with Crippen LogP contribution in [0.5, 0.6) is 0 Å². The summed E-state index contributed by atoms with van der Waals surface area (Å²) in [6.07, 6.45) is -3.08. The first-order valence-electron chi connectivity index (χ1n) is 13.3. The maximum atomic E-state index is 13.3. The van der Waals surface area contributed by atoms with E-state index in [4.69, 9.17) is 18.4 Å². The van der Waals surface area contributed by atoms with Gasteiger partial charge in [0.15, 0.2) is 11.3 Å².